The Balaban J connectivity index is 2.57. The van der Waals surface area contributed by atoms with Crippen LogP contribution in [0.1, 0.15) is 0 Å². The van der Waals surface area contributed by atoms with Crippen LogP contribution >= 0.6 is 12.2 Å². The molecule has 0 amide bonds. The van der Waals surface area contributed by atoms with E-state index in [-0.39, 0.29) is 5.11 Å². The van der Waals surface area contributed by atoms with E-state index in [0.29, 0.717) is 13.1 Å². The van der Waals surface area contributed by atoms with Crippen molar-refractivity contribution in [1.82, 2.24) is 10.1 Å². The molecule has 0 spiro atoms. The summed E-state index contributed by atoms with van der Waals surface area (Å²) in [6, 6.07) is 0. The Kier molecular flexibility index (Phi) is 1.33. The van der Waals surface area contributed by atoms with Crippen molar-refractivity contribution in [2.24, 2.45) is 0 Å². The van der Waals surface area contributed by atoms with Crippen LogP contribution < -0.4 is 0 Å². The monoisotopic (exact) mass is 134 g/mol. The molecule has 0 saturated carbocycles. The summed E-state index contributed by atoms with van der Waals surface area (Å²) in [5, 5.41) is 19.0. The fraction of sp³-hybridized carbons (Fsp3) is 0.667. The minimum atomic E-state index is 0.0741. The molecule has 0 unspecified atom stereocenters. The molecule has 1 aliphatic heterocycles. The van der Waals surface area contributed by atoms with Crippen molar-refractivity contribution in [2.45, 2.75) is 0 Å². The smallest absolute Gasteiger partial charge is 0.219 e. The second-order valence-corrected chi connectivity index (χ2v) is 1.89. The molecule has 0 aromatic rings. The van der Waals surface area contributed by atoms with Gasteiger partial charge in [0.25, 0.3) is 0 Å². The Bertz CT molecular complexity index is 106. The molecule has 0 bridgehead atoms. The summed E-state index contributed by atoms with van der Waals surface area (Å²) in [6.45, 7) is 0.769. The van der Waals surface area contributed by atoms with Crippen molar-refractivity contribution in [2.75, 3.05) is 13.1 Å². The quantitative estimate of drug-likeness (QED) is 0.444. The SMILES string of the molecule is ON1CCN(O)C1=S. The third-order valence-electron chi connectivity index (χ3n) is 0.965. The van der Waals surface area contributed by atoms with Gasteiger partial charge in [-0.25, -0.2) is 10.1 Å². The molecule has 2 N–H and O–H groups in total. The first-order chi connectivity index (χ1) is 3.72. The van der Waals surface area contributed by atoms with Crippen LogP contribution in [0.4, 0.5) is 0 Å². The van der Waals surface area contributed by atoms with Gasteiger partial charge in [-0.1, -0.05) is 0 Å². The summed E-state index contributed by atoms with van der Waals surface area (Å²) >= 11 is 4.52. The first-order valence-electron chi connectivity index (χ1n) is 2.18. The van der Waals surface area contributed by atoms with Crippen molar-refractivity contribution in [3.05, 3.63) is 0 Å². The van der Waals surface area contributed by atoms with Gasteiger partial charge in [0.15, 0.2) is 0 Å². The number of hydrogen-bond donors (Lipinski definition) is 2. The highest BCUT2D eigenvalue weighted by Crippen LogP contribution is 2.00. The third kappa shape index (κ3) is 0.750. The van der Waals surface area contributed by atoms with Crippen molar-refractivity contribution >= 4 is 17.3 Å². The van der Waals surface area contributed by atoms with Gasteiger partial charge in [-0.3, -0.25) is 10.4 Å². The third-order valence-corrected chi connectivity index (χ3v) is 1.39. The lowest BCUT2D eigenvalue weighted by Gasteiger charge is -2.08. The van der Waals surface area contributed by atoms with Gasteiger partial charge >= 0.3 is 0 Å². The summed E-state index contributed by atoms with van der Waals surface area (Å²) in [7, 11) is 0. The normalized spacial score (nSPS) is 20.5. The summed E-state index contributed by atoms with van der Waals surface area (Å²) in [5.74, 6) is 0. The van der Waals surface area contributed by atoms with E-state index in [4.69, 9.17) is 10.4 Å². The number of thiocarbonyl (C=S) groups is 1. The lowest BCUT2D eigenvalue weighted by atomic mass is 10.7. The van der Waals surface area contributed by atoms with E-state index in [2.05, 4.69) is 12.2 Å². The molecule has 1 rings (SSSR count). The summed E-state index contributed by atoms with van der Waals surface area (Å²) < 4.78 is 0. The molecule has 0 aromatic heterocycles. The molecular weight excluding hydrogens is 128 g/mol. The van der Waals surface area contributed by atoms with Crippen LogP contribution in [0.5, 0.6) is 0 Å². The Morgan fingerprint density at radius 3 is 1.75 bits per heavy atom. The Morgan fingerprint density at radius 1 is 1.25 bits per heavy atom. The lowest BCUT2D eigenvalue weighted by Crippen LogP contribution is -2.26. The van der Waals surface area contributed by atoms with Crippen LogP contribution in [0.3, 0.4) is 0 Å². The molecule has 1 aliphatic rings. The maximum Gasteiger partial charge on any atom is 0.219 e. The average Bonchev–Trinajstić information content (AvgIpc) is 1.98. The molecular formula is C3H6N2O2S. The Hall–Kier alpha value is -0.390. The van der Waals surface area contributed by atoms with Gasteiger partial charge in [-0.15, -0.1) is 0 Å². The van der Waals surface area contributed by atoms with Gasteiger partial charge in [0.1, 0.15) is 0 Å². The molecule has 0 aliphatic carbocycles. The maximum atomic E-state index is 8.66. The number of hydrogen-bond acceptors (Lipinski definition) is 3. The van der Waals surface area contributed by atoms with E-state index in [1.165, 1.54) is 0 Å². The summed E-state index contributed by atoms with van der Waals surface area (Å²) in [4.78, 5) is 0. The van der Waals surface area contributed by atoms with Gasteiger partial charge in [0.2, 0.25) is 5.11 Å². The Labute approximate surface area is 51.8 Å². The predicted octanol–water partition coefficient (Wildman–Crippen LogP) is -0.333. The zero-order valence-corrected chi connectivity index (χ0v) is 4.93. The highest BCUT2D eigenvalue weighted by atomic mass is 32.1. The number of nitrogens with zero attached hydrogens (tertiary/aromatic N) is 2. The molecule has 46 valence electrons. The van der Waals surface area contributed by atoms with Crippen molar-refractivity contribution in [1.29, 1.82) is 0 Å². The van der Waals surface area contributed by atoms with Crippen LogP contribution in [0.2, 0.25) is 0 Å². The van der Waals surface area contributed by atoms with E-state index in [1.807, 2.05) is 0 Å². The number of rotatable bonds is 0. The van der Waals surface area contributed by atoms with E-state index in [9.17, 15) is 0 Å². The summed E-state index contributed by atoms with van der Waals surface area (Å²) in [6.07, 6.45) is 0. The minimum absolute atomic E-state index is 0.0741. The fourth-order valence-corrected chi connectivity index (χ4v) is 0.697. The summed E-state index contributed by atoms with van der Waals surface area (Å²) in [5.41, 5.74) is 0. The van der Waals surface area contributed by atoms with E-state index in [0.717, 1.165) is 10.1 Å². The second-order valence-electron chi connectivity index (χ2n) is 1.53. The van der Waals surface area contributed by atoms with E-state index < -0.39 is 0 Å². The van der Waals surface area contributed by atoms with Crippen molar-refractivity contribution < 1.29 is 10.4 Å². The van der Waals surface area contributed by atoms with Gasteiger partial charge < -0.3 is 0 Å². The van der Waals surface area contributed by atoms with E-state index >= 15 is 0 Å². The average molecular weight is 134 g/mol. The zero-order chi connectivity index (χ0) is 6.15. The molecule has 1 saturated heterocycles. The molecule has 1 fully saturated rings. The van der Waals surface area contributed by atoms with Gasteiger partial charge in [0.05, 0.1) is 13.1 Å². The molecule has 0 radical (unpaired) electrons. The highest BCUT2D eigenvalue weighted by molar-refractivity contribution is 7.80. The van der Waals surface area contributed by atoms with Crippen molar-refractivity contribution in [3.8, 4) is 0 Å². The molecule has 5 heteroatoms. The molecule has 0 atom stereocenters. The molecule has 1 heterocycles. The standard InChI is InChI=1S/C3H6N2O2S/c6-4-1-2-5(7)3(4)8/h6-7H,1-2H2. The van der Waals surface area contributed by atoms with Crippen LogP contribution in [0, 0.1) is 0 Å². The topological polar surface area (TPSA) is 46.9 Å². The number of hydroxylamine groups is 4. The Morgan fingerprint density at radius 2 is 1.62 bits per heavy atom. The largest absolute Gasteiger partial charge is 0.286 e. The molecule has 8 heavy (non-hydrogen) atoms. The van der Waals surface area contributed by atoms with Gasteiger partial charge in [-0.05, 0) is 12.2 Å². The highest BCUT2D eigenvalue weighted by Gasteiger charge is 2.20. The zero-order valence-electron chi connectivity index (χ0n) is 4.11. The predicted molar refractivity (Wildman–Crippen MR) is 29.6 cm³/mol. The second kappa shape index (κ2) is 1.85. The first kappa shape index (κ1) is 5.74. The minimum Gasteiger partial charge on any atom is -0.286 e. The van der Waals surface area contributed by atoms with Gasteiger partial charge in [-0.2, -0.15) is 0 Å². The maximum absolute atomic E-state index is 8.66. The fourth-order valence-electron chi connectivity index (χ4n) is 0.514. The lowest BCUT2D eigenvalue weighted by molar-refractivity contribution is -0.0170. The molecule has 0 aromatic carbocycles. The van der Waals surface area contributed by atoms with Crippen LogP contribution in [-0.2, 0) is 0 Å². The van der Waals surface area contributed by atoms with E-state index in [1.54, 1.807) is 0 Å². The van der Waals surface area contributed by atoms with Crippen LogP contribution in [0.25, 0.3) is 0 Å². The van der Waals surface area contributed by atoms with Crippen LogP contribution in [-0.4, -0.2) is 38.7 Å². The first-order valence-corrected chi connectivity index (χ1v) is 2.59. The van der Waals surface area contributed by atoms with Crippen LogP contribution in [0.15, 0.2) is 0 Å². The van der Waals surface area contributed by atoms with Gasteiger partial charge in [0, 0.05) is 0 Å². The van der Waals surface area contributed by atoms with Crippen molar-refractivity contribution in [3.63, 3.8) is 0 Å². The molecule has 4 nitrogen and oxygen atoms in total.